The van der Waals surface area contributed by atoms with Crippen LogP contribution in [0.2, 0.25) is 0 Å². The molecule has 1 saturated heterocycles. The molecular weight excluding hydrogens is 330 g/mol. The summed E-state index contributed by atoms with van der Waals surface area (Å²) in [5, 5.41) is 5.47. The minimum absolute atomic E-state index is 0.284. The molecule has 6 heteroatoms. The summed E-state index contributed by atoms with van der Waals surface area (Å²) < 4.78 is 0. The Morgan fingerprint density at radius 3 is 2.31 bits per heavy atom. The smallest absolute Gasteiger partial charge is 0.325 e. The topological polar surface area (TPSA) is 78.5 Å². The summed E-state index contributed by atoms with van der Waals surface area (Å²) in [6.45, 7) is 9.77. The van der Waals surface area contributed by atoms with E-state index in [4.69, 9.17) is 0 Å². The van der Waals surface area contributed by atoms with Crippen molar-refractivity contribution in [1.82, 2.24) is 10.2 Å². The number of imide groups is 1. The van der Waals surface area contributed by atoms with Crippen LogP contribution in [0.3, 0.4) is 0 Å². The zero-order chi connectivity index (χ0) is 19.5. The maximum Gasteiger partial charge on any atom is 0.325 e. The first-order chi connectivity index (χ1) is 12.1. The first-order valence-electron chi connectivity index (χ1n) is 9.16. The Kier molecular flexibility index (Phi) is 6.05. The van der Waals surface area contributed by atoms with Gasteiger partial charge in [0.25, 0.3) is 5.91 Å². The molecule has 1 atom stereocenters. The highest BCUT2D eigenvalue weighted by atomic mass is 16.2. The first-order valence-corrected chi connectivity index (χ1v) is 9.16. The summed E-state index contributed by atoms with van der Waals surface area (Å²) in [6.07, 6.45) is 1.38. The van der Waals surface area contributed by atoms with Crippen molar-refractivity contribution in [3.8, 4) is 0 Å². The van der Waals surface area contributed by atoms with E-state index in [1.807, 2.05) is 24.3 Å². The molecule has 1 aliphatic rings. The largest absolute Gasteiger partial charge is 0.325 e. The van der Waals surface area contributed by atoms with Crippen LogP contribution in [0.1, 0.15) is 58.9 Å². The molecule has 2 N–H and O–H groups in total. The number of nitrogens with one attached hydrogen (secondary N) is 2. The van der Waals surface area contributed by atoms with Crippen molar-refractivity contribution in [3.63, 3.8) is 0 Å². The van der Waals surface area contributed by atoms with Crippen LogP contribution >= 0.6 is 0 Å². The lowest BCUT2D eigenvalue weighted by molar-refractivity contribution is -0.133. The predicted octanol–water partition coefficient (Wildman–Crippen LogP) is 3.50. The average molecular weight is 359 g/mol. The molecule has 1 aromatic carbocycles. The fourth-order valence-corrected chi connectivity index (χ4v) is 2.93. The second-order valence-electron chi connectivity index (χ2n) is 7.91. The Bertz CT molecular complexity index is 682. The maximum atomic E-state index is 12.6. The summed E-state index contributed by atoms with van der Waals surface area (Å²) in [7, 11) is 0. The summed E-state index contributed by atoms with van der Waals surface area (Å²) in [5.41, 5.74) is 0.896. The molecule has 0 aliphatic carbocycles. The van der Waals surface area contributed by atoms with Crippen LogP contribution < -0.4 is 10.6 Å². The van der Waals surface area contributed by atoms with E-state index in [-0.39, 0.29) is 18.4 Å². The fourth-order valence-electron chi connectivity index (χ4n) is 2.93. The number of hydrogen-bond acceptors (Lipinski definition) is 3. The number of nitrogens with zero attached hydrogens (tertiary/aromatic N) is 1. The van der Waals surface area contributed by atoms with Gasteiger partial charge in [-0.2, -0.15) is 0 Å². The van der Waals surface area contributed by atoms with Crippen LogP contribution in [0.25, 0.3) is 0 Å². The monoisotopic (exact) mass is 359 g/mol. The van der Waals surface area contributed by atoms with E-state index in [9.17, 15) is 14.4 Å². The van der Waals surface area contributed by atoms with Crippen LogP contribution in [0, 0.1) is 5.92 Å². The van der Waals surface area contributed by atoms with Crippen molar-refractivity contribution in [2.24, 2.45) is 5.92 Å². The van der Waals surface area contributed by atoms with Gasteiger partial charge in [0.05, 0.1) is 0 Å². The van der Waals surface area contributed by atoms with Crippen molar-refractivity contribution >= 4 is 23.5 Å². The van der Waals surface area contributed by atoms with Gasteiger partial charge in [0, 0.05) is 5.69 Å². The third-order valence-electron chi connectivity index (χ3n) is 4.73. The van der Waals surface area contributed by atoms with E-state index in [0.29, 0.717) is 23.9 Å². The minimum atomic E-state index is -0.930. The molecule has 1 fully saturated rings. The van der Waals surface area contributed by atoms with Gasteiger partial charge in [-0.25, -0.2) is 4.79 Å². The SMILES string of the molecule is CC(C)CC[C@]1(C)NC(=O)N(CC(=O)Nc2ccc(C(C)C)cc2)C1=O. The second-order valence-corrected chi connectivity index (χ2v) is 7.91. The molecule has 142 valence electrons. The van der Waals surface area contributed by atoms with Crippen LogP contribution in [0.5, 0.6) is 0 Å². The van der Waals surface area contributed by atoms with E-state index in [0.717, 1.165) is 11.3 Å². The number of amides is 4. The average Bonchev–Trinajstić information content (AvgIpc) is 2.77. The third-order valence-corrected chi connectivity index (χ3v) is 4.73. The summed E-state index contributed by atoms with van der Waals surface area (Å²) in [5.74, 6) is 0.115. The Hall–Kier alpha value is -2.37. The molecule has 0 saturated carbocycles. The highest BCUT2D eigenvalue weighted by Crippen LogP contribution is 2.24. The van der Waals surface area contributed by atoms with Gasteiger partial charge in [-0.15, -0.1) is 0 Å². The molecule has 0 unspecified atom stereocenters. The molecule has 1 aromatic rings. The Balaban J connectivity index is 1.97. The van der Waals surface area contributed by atoms with Gasteiger partial charge in [0.15, 0.2) is 0 Å². The van der Waals surface area contributed by atoms with Crippen molar-refractivity contribution in [3.05, 3.63) is 29.8 Å². The van der Waals surface area contributed by atoms with E-state index >= 15 is 0 Å². The van der Waals surface area contributed by atoms with Crippen LogP contribution in [-0.4, -0.2) is 34.8 Å². The normalized spacial score (nSPS) is 20.0. The third kappa shape index (κ3) is 4.62. The Labute approximate surface area is 155 Å². The second kappa shape index (κ2) is 7.89. The molecule has 0 bridgehead atoms. The summed E-state index contributed by atoms with van der Waals surface area (Å²) in [4.78, 5) is 38.1. The lowest BCUT2D eigenvalue weighted by Crippen LogP contribution is -2.44. The quantitative estimate of drug-likeness (QED) is 0.732. The molecule has 6 nitrogen and oxygen atoms in total. The molecule has 26 heavy (non-hydrogen) atoms. The maximum absolute atomic E-state index is 12.6. The van der Waals surface area contributed by atoms with Gasteiger partial charge in [-0.05, 0) is 49.3 Å². The zero-order valence-electron chi connectivity index (χ0n) is 16.3. The highest BCUT2D eigenvalue weighted by molar-refractivity contribution is 6.09. The molecule has 1 aliphatic heterocycles. The number of hydrogen-bond donors (Lipinski definition) is 2. The zero-order valence-corrected chi connectivity index (χ0v) is 16.3. The molecule has 0 aromatic heterocycles. The number of carbonyl (C=O) groups excluding carboxylic acids is 3. The van der Waals surface area contributed by atoms with Gasteiger partial charge in [-0.3, -0.25) is 14.5 Å². The van der Waals surface area contributed by atoms with Crippen LogP contribution in [0.15, 0.2) is 24.3 Å². The van der Waals surface area contributed by atoms with Crippen molar-refractivity contribution < 1.29 is 14.4 Å². The van der Waals surface area contributed by atoms with E-state index in [2.05, 4.69) is 38.3 Å². The van der Waals surface area contributed by atoms with Gasteiger partial charge in [-0.1, -0.05) is 39.8 Å². The van der Waals surface area contributed by atoms with Gasteiger partial charge >= 0.3 is 6.03 Å². The lowest BCUT2D eigenvalue weighted by atomic mass is 9.92. The number of benzene rings is 1. The molecule has 0 spiro atoms. The Morgan fingerprint density at radius 1 is 1.15 bits per heavy atom. The number of carbonyl (C=O) groups is 3. The van der Waals surface area contributed by atoms with Crippen molar-refractivity contribution in [2.45, 2.75) is 58.9 Å². The van der Waals surface area contributed by atoms with Gasteiger partial charge < -0.3 is 10.6 Å². The van der Waals surface area contributed by atoms with Crippen LogP contribution in [0.4, 0.5) is 10.5 Å². The van der Waals surface area contributed by atoms with E-state index < -0.39 is 11.6 Å². The summed E-state index contributed by atoms with van der Waals surface area (Å²) >= 11 is 0. The molecule has 2 rings (SSSR count). The fraction of sp³-hybridized carbons (Fsp3) is 0.550. The molecule has 0 radical (unpaired) electrons. The molecular formula is C20H29N3O3. The van der Waals surface area contributed by atoms with Crippen LogP contribution in [-0.2, 0) is 9.59 Å². The van der Waals surface area contributed by atoms with E-state index in [1.165, 1.54) is 5.56 Å². The predicted molar refractivity (Wildman–Crippen MR) is 102 cm³/mol. The standard InChI is InChI=1S/C20H29N3O3/c1-13(2)10-11-20(5)18(25)23(19(26)22-20)12-17(24)21-16-8-6-15(7-9-16)14(3)4/h6-9,13-14H,10-12H2,1-5H3,(H,21,24)(H,22,26)/t20-/m0/s1. The van der Waals surface area contributed by atoms with E-state index in [1.54, 1.807) is 6.92 Å². The number of anilines is 1. The summed E-state index contributed by atoms with van der Waals surface area (Å²) in [6, 6.07) is 7.05. The first kappa shape index (κ1) is 19.9. The molecule has 1 heterocycles. The van der Waals surface area contributed by atoms with Crippen molar-refractivity contribution in [1.29, 1.82) is 0 Å². The van der Waals surface area contributed by atoms with Gasteiger partial charge in [0.2, 0.25) is 5.91 Å². The highest BCUT2D eigenvalue weighted by Gasteiger charge is 2.47. The number of urea groups is 1. The van der Waals surface area contributed by atoms with Gasteiger partial charge in [0.1, 0.15) is 12.1 Å². The lowest BCUT2D eigenvalue weighted by Gasteiger charge is -2.22. The molecule has 4 amide bonds. The number of rotatable bonds is 7. The van der Waals surface area contributed by atoms with Crippen molar-refractivity contribution in [2.75, 3.05) is 11.9 Å². The Morgan fingerprint density at radius 2 is 1.77 bits per heavy atom. The minimum Gasteiger partial charge on any atom is -0.325 e.